The number of carbonyl (C=O) groups excluding carboxylic acids is 1. The quantitative estimate of drug-likeness (QED) is 0.663. The molecule has 0 bridgehead atoms. The molecule has 2 aromatic carbocycles. The third kappa shape index (κ3) is 4.50. The van der Waals surface area contributed by atoms with Crippen LogP contribution in [0.1, 0.15) is 17.8 Å². The lowest BCUT2D eigenvalue weighted by atomic mass is 10.2. The normalized spacial score (nSPS) is 10.8. The van der Waals surface area contributed by atoms with Gasteiger partial charge in [-0.15, -0.1) is 11.3 Å². The van der Waals surface area contributed by atoms with Crippen LogP contribution in [-0.4, -0.2) is 25.0 Å². The predicted octanol–water partition coefficient (Wildman–Crippen LogP) is 4.98. The van der Waals surface area contributed by atoms with E-state index in [0.29, 0.717) is 11.4 Å². The maximum Gasteiger partial charge on any atom is 0.224 e. The van der Waals surface area contributed by atoms with Crippen LogP contribution >= 0.6 is 22.9 Å². The number of nitrogens with one attached hydrogen (secondary N) is 1. The fourth-order valence-corrected chi connectivity index (χ4v) is 3.82. The van der Waals surface area contributed by atoms with Crippen molar-refractivity contribution < 1.29 is 4.79 Å². The van der Waals surface area contributed by atoms with Crippen molar-refractivity contribution >= 4 is 50.4 Å². The molecule has 25 heavy (non-hydrogen) atoms. The number of aromatic nitrogens is 1. The molecule has 0 radical (unpaired) electrons. The number of amides is 1. The lowest BCUT2D eigenvalue weighted by Crippen LogP contribution is -2.16. The molecule has 1 aromatic heterocycles. The summed E-state index contributed by atoms with van der Waals surface area (Å²) in [5.41, 5.74) is 2.70. The monoisotopic (exact) mass is 373 g/mol. The van der Waals surface area contributed by atoms with Crippen LogP contribution in [0.4, 0.5) is 11.4 Å². The van der Waals surface area contributed by atoms with Crippen LogP contribution in [-0.2, 0) is 11.2 Å². The van der Waals surface area contributed by atoms with E-state index in [2.05, 4.69) is 16.4 Å². The van der Waals surface area contributed by atoms with E-state index in [9.17, 15) is 4.79 Å². The van der Waals surface area contributed by atoms with Gasteiger partial charge in [0.05, 0.1) is 26.6 Å². The summed E-state index contributed by atoms with van der Waals surface area (Å²) in [6, 6.07) is 13.6. The second-order valence-electron chi connectivity index (χ2n) is 6.03. The van der Waals surface area contributed by atoms with E-state index >= 15 is 0 Å². The molecule has 0 unspecified atom stereocenters. The number of benzene rings is 2. The second kappa shape index (κ2) is 7.85. The highest BCUT2D eigenvalue weighted by Gasteiger charge is 2.10. The van der Waals surface area contributed by atoms with Gasteiger partial charge in [0.25, 0.3) is 0 Å². The molecule has 0 spiro atoms. The average molecular weight is 374 g/mol. The lowest BCUT2D eigenvalue weighted by Gasteiger charge is -2.18. The zero-order chi connectivity index (χ0) is 17.8. The Labute approximate surface area is 156 Å². The third-order valence-electron chi connectivity index (χ3n) is 3.85. The topological polar surface area (TPSA) is 45.2 Å². The van der Waals surface area contributed by atoms with Crippen molar-refractivity contribution in [2.75, 3.05) is 24.3 Å². The van der Waals surface area contributed by atoms with Gasteiger partial charge >= 0.3 is 0 Å². The van der Waals surface area contributed by atoms with Gasteiger partial charge in [-0.2, -0.15) is 0 Å². The predicted molar refractivity (Wildman–Crippen MR) is 107 cm³/mol. The number of rotatable bonds is 6. The molecule has 0 aliphatic rings. The Morgan fingerprint density at radius 3 is 2.80 bits per heavy atom. The first-order valence-electron chi connectivity index (χ1n) is 8.14. The van der Waals surface area contributed by atoms with Crippen LogP contribution in [0.2, 0.25) is 5.02 Å². The summed E-state index contributed by atoms with van der Waals surface area (Å²) >= 11 is 7.75. The molecule has 4 nitrogen and oxygen atoms in total. The maximum absolute atomic E-state index is 12.3. The van der Waals surface area contributed by atoms with Crippen molar-refractivity contribution in [3.8, 4) is 0 Å². The minimum absolute atomic E-state index is 0.00789. The van der Waals surface area contributed by atoms with Crippen LogP contribution < -0.4 is 10.2 Å². The Balaban J connectivity index is 1.57. The summed E-state index contributed by atoms with van der Waals surface area (Å²) in [7, 11) is 3.87. The molecule has 6 heteroatoms. The fraction of sp³-hybridized carbons (Fsp3) is 0.263. The Bertz CT molecular complexity index is 858. The van der Waals surface area contributed by atoms with Gasteiger partial charge in [-0.25, -0.2) is 4.98 Å². The number of hydrogen-bond donors (Lipinski definition) is 1. The van der Waals surface area contributed by atoms with Gasteiger partial charge in [0.15, 0.2) is 0 Å². The maximum atomic E-state index is 12.3. The Kier molecular flexibility index (Phi) is 5.56. The van der Waals surface area contributed by atoms with E-state index in [-0.39, 0.29) is 5.91 Å². The minimum atomic E-state index is -0.00789. The SMILES string of the molecule is CN(C)c1ccc(Cl)cc1NC(=O)CCCc1nc2ccccc2s1. The lowest BCUT2D eigenvalue weighted by molar-refractivity contribution is -0.116. The van der Waals surface area contributed by atoms with Gasteiger partial charge in [0.2, 0.25) is 5.91 Å². The smallest absolute Gasteiger partial charge is 0.224 e. The first kappa shape index (κ1) is 17.7. The molecule has 3 aromatic rings. The molecule has 3 rings (SSSR count). The minimum Gasteiger partial charge on any atom is -0.376 e. The third-order valence-corrected chi connectivity index (χ3v) is 5.18. The van der Waals surface area contributed by atoms with E-state index in [1.54, 1.807) is 17.4 Å². The number of fused-ring (bicyclic) bond motifs is 1. The number of nitrogens with zero attached hydrogens (tertiary/aromatic N) is 2. The van der Waals surface area contributed by atoms with E-state index in [0.717, 1.165) is 34.7 Å². The van der Waals surface area contributed by atoms with Crippen molar-refractivity contribution in [2.45, 2.75) is 19.3 Å². The number of hydrogen-bond acceptors (Lipinski definition) is 4. The zero-order valence-electron chi connectivity index (χ0n) is 14.3. The summed E-state index contributed by atoms with van der Waals surface area (Å²) in [5, 5.41) is 4.65. The van der Waals surface area contributed by atoms with Gasteiger partial charge in [-0.05, 0) is 43.2 Å². The first-order valence-corrected chi connectivity index (χ1v) is 9.33. The van der Waals surface area contributed by atoms with Gasteiger partial charge in [0.1, 0.15) is 0 Å². The van der Waals surface area contributed by atoms with Crippen molar-refractivity contribution in [1.29, 1.82) is 0 Å². The van der Waals surface area contributed by atoms with Crippen molar-refractivity contribution in [3.63, 3.8) is 0 Å². The number of para-hydroxylation sites is 1. The number of carbonyl (C=O) groups is 1. The molecule has 1 N–H and O–H groups in total. The van der Waals surface area contributed by atoms with Crippen LogP contribution in [0.25, 0.3) is 10.2 Å². The van der Waals surface area contributed by atoms with E-state index < -0.39 is 0 Å². The molecule has 0 aliphatic heterocycles. The van der Waals surface area contributed by atoms with Gasteiger partial charge in [-0.3, -0.25) is 4.79 Å². The van der Waals surface area contributed by atoms with Crippen LogP contribution in [0.15, 0.2) is 42.5 Å². The molecule has 0 aliphatic carbocycles. The van der Waals surface area contributed by atoms with Crippen LogP contribution in [0.5, 0.6) is 0 Å². The van der Waals surface area contributed by atoms with Crippen LogP contribution in [0.3, 0.4) is 0 Å². The van der Waals surface area contributed by atoms with Crippen LogP contribution in [0, 0.1) is 0 Å². The molecular formula is C19H20ClN3OS. The summed E-state index contributed by atoms with van der Waals surface area (Å²) < 4.78 is 1.19. The Morgan fingerprint density at radius 1 is 1.24 bits per heavy atom. The van der Waals surface area contributed by atoms with Gasteiger partial charge in [0, 0.05) is 25.5 Å². The largest absolute Gasteiger partial charge is 0.376 e. The highest BCUT2D eigenvalue weighted by molar-refractivity contribution is 7.18. The summed E-state index contributed by atoms with van der Waals surface area (Å²) in [5.74, 6) is -0.00789. The van der Waals surface area contributed by atoms with E-state index in [1.807, 2.05) is 49.3 Å². The zero-order valence-corrected chi connectivity index (χ0v) is 15.8. The molecule has 0 atom stereocenters. The second-order valence-corrected chi connectivity index (χ2v) is 7.58. The first-order chi connectivity index (χ1) is 12.0. The summed E-state index contributed by atoms with van der Waals surface area (Å²) in [6.07, 6.45) is 2.03. The highest BCUT2D eigenvalue weighted by atomic mass is 35.5. The summed E-state index contributed by atoms with van der Waals surface area (Å²) in [4.78, 5) is 18.8. The number of thiazole rings is 1. The van der Waals surface area contributed by atoms with Crippen molar-refractivity contribution in [1.82, 2.24) is 4.98 Å². The average Bonchev–Trinajstić information content (AvgIpc) is 2.97. The molecular weight excluding hydrogens is 354 g/mol. The standard InChI is InChI=1S/C19H20ClN3OS/c1-23(2)16-11-10-13(20)12-15(16)21-18(24)8-5-9-19-22-14-6-3-4-7-17(14)25-19/h3-4,6-7,10-12H,5,8-9H2,1-2H3,(H,21,24). The Morgan fingerprint density at radius 2 is 2.04 bits per heavy atom. The number of halogens is 1. The molecule has 0 saturated heterocycles. The summed E-state index contributed by atoms with van der Waals surface area (Å²) in [6.45, 7) is 0. The number of anilines is 2. The van der Waals surface area contributed by atoms with E-state index in [1.165, 1.54) is 4.70 Å². The molecule has 1 heterocycles. The molecule has 0 saturated carbocycles. The highest BCUT2D eigenvalue weighted by Crippen LogP contribution is 2.28. The Hall–Kier alpha value is -2.11. The van der Waals surface area contributed by atoms with Crippen molar-refractivity contribution in [2.24, 2.45) is 0 Å². The number of aryl methyl sites for hydroxylation is 1. The molecule has 0 fully saturated rings. The molecule has 130 valence electrons. The van der Waals surface area contributed by atoms with Gasteiger partial charge in [-0.1, -0.05) is 23.7 Å². The molecule has 1 amide bonds. The fourth-order valence-electron chi connectivity index (χ4n) is 2.64. The van der Waals surface area contributed by atoms with E-state index in [4.69, 9.17) is 11.6 Å². The van der Waals surface area contributed by atoms with Crippen molar-refractivity contribution in [3.05, 3.63) is 52.5 Å². The van der Waals surface area contributed by atoms with Gasteiger partial charge < -0.3 is 10.2 Å².